The molecule has 1 aromatic carbocycles. The van der Waals surface area contributed by atoms with E-state index in [1.165, 1.54) is 5.69 Å². The second-order valence-electron chi connectivity index (χ2n) is 7.11. The van der Waals surface area contributed by atoms with Gasteiger partial charge in [0, 0.05) is 55.4 Å². The molecule has 0 atom stereocenters. The van der Waals surface area contributed by atoms with Crippen molar-refractivity contribution in [1.82, 2.24) is 30.0 Å². The van der Waals surface area contributed by atoms with Crippen LogP contribution in [0.1, 0.15) is 0 Å². The maximum absolute atomic E-state index is 4.74. The van der Waals surface area contributed by atoms with Gasteiger partial charge in [-0.2, -0.15) is 5.10 Å². The molecule has 0 aliphatic carbocycles. The van der Waals surface area contributed by atoms with Gasteiger partial charge in [-0.15, -0.1) is 0 Å². The van der Waals surface area contributed by atoms with Gasteiger partial charge in [0.2, 0.25) is 0 Å². The van der Waals surface area contributed by atoms with Gasteiger partial charge < -0.3 is 9.80 Å². The fourth-order valence-corrected chi connectivity index (χ4v) is 3.54. The molecule has 0 bridgehead atoms. The number of pyridine rings is 1. The van der Waals surface area contributed by atoms with Crippen LogP contribution >= 0.6 is 0 Å². The number of rotatable bonds is 3. The molecule has 1 fully saturated rings. The molecule has 7 heteroatoms. The van der Waals surface area contributed by atoms with E-state index in [1.54, 1.807) is 18.6 Å². The topological polar surface area (TPSA) is 73.8 Å². The predicted octanol–water partition coefficient (Wildman–Crippen LogP) is 2.83. The molecule has 0 unspecified atom stereocenters. The summed E-state index contributed by atoms with van der Waals surface area (Å²) in [6.07, 6.45) is 5.29. The lowest BCUT2D eigenvalue weighted by atomic mass is 10.1. The summed E-state index contributed by atoms with van der Waals surface area (Å²) in [7, 11) is 2.17. The van der Waals surface area contributed by atoms with Crippen molar-refractivity contribution in [2.45, 2.75) is 0 Å². The van der Waals surface area contributed by atoms with Crippen molar-refractivity contribution >= 4 is 16.7 Å². The monoisotopic (exact) mass is 371 g/mol. The summed E-state index contributed by atoms with van der Waals surface area (Å²) in [4.78, 5) is 18.1. The van der Waals surface area contributed by atoms with E-state index < -0.39 is 0 Å². The van der Waals surface area contributed by atoms with Gasteiger partial charge in [0.1, 0.15) is 16.7 Å². The Hall–Kier alpha value is -3.32. The molecule has 140 valence electrons. The molecule has 4 heterocycles. The number of aromatic nitrogens is 5. The Bertz CT molecular complexity index is 1080. The van der Waals surface area contributed by atoms with Gasteiger partial charge in [-0.3, -0.25) is 10.1 Å². The predicted molar refractivity (Wildman–Crippen MR) is 110 cm³/mol. The second kappa shape index (κ2) is 7.01. The van der Waals surface area contributed by atoms with E-state index in [9.17, 15) is 0 Å². The third-order valence-electron chi connectivity index (χ3n) is 5.23. The van der Waals surface area contributed by atoms with Gasteiger partial charge in [0.05, 0.1) is 6.20 Å². The minimum atomic E-state index is 0.650. The van der Waals surface area contributed by atoms with E-state index in [4.69, 9.17) is 4.98 Å². The van der Waals surface area contributed by atoms with Crippen LogP contribution in [-0.4, -0.2) is 63.3 Å². The van der Waals surface area contributed by atoms with Crippen molar-refractivity contribution in [2.24, 2.45) is 0 Å². The van der Waals surface area contributed by atoms with E-state index in [0.717, 1.165) is 54.0 Å². The van der Waals surface area contributed by atoms with Crippen molar-refractivity contribution in [3.63, 3.8) is 0 Å². The molecule has 1 aliphatic heterocycles. The van der Waals surface area contributed by atoms with E-state index in [1.807, 2.05) is 12.1 Å². The fraction of sp³-hybridized carbons (Fsp3) is 0.238. The SMILES string of the molecule is CN1CCN(c2ccc(-c3n[nH]c4cnc(-c5cccnc5)nc34)cc2)CC1. The van der Waals surface area contributed by atoms with Crippen LogP contribution in [0.3, 0.4) is 0 Å². The number of benzene rings is 1. The van der Waals surface area contributed by atoms with Crippen molar-refractivity contribution in [3.8, 4) is 22.6 Å². The zero-order valence-corrected chi connectivity index (χ0v) is 15.7. The summed E-state index contributed by atoms with van der Waals surface area (Å²) in [5.41, 5.74) is 5.67. The summed E-state index contributed by atoms with van der Waals surface area (Å²) in [6.45, 7) is 4.31. The quantitative estimate of drug-likeness (QED) is 0.597. The number of aromatic amines is 1. The van der Waals surface area contributed by atoms with Crippen LogP contribution in [0.5, 0.6) is 0 Å². The number of hydrogen-bond acceptors (Lipinski definition) is 6. The Morgan fingerprint density at radius 3 is 2.50 bits per heavy atom. The van der Waals surface area contributed by atoms with E-state index in [-0.39, 0.29) is 0 Å². The summed E-state index contributed by atoms with van der Waals surface area (Å²) in [5.74, 6) is 0.650. The van der Waals surface area contributed by atoms with E-state index in [0.29, 0.717) is 5.82 Å². The van der Waals surface area contributed by atoms with Crippen LogP contribution < -0.4 is 4.90 Å². The van der Waals surface area contributed by atoms with Crippen LogP contribution in [0, 0.1) is 0 Å². The highest BCUT2D eigenvalue weighted by Crippen LogP contribution is 2.28. The molecule has 0 radical (unpaired) electrons. The maximum Gasteiger partial charge on any atom is 0.161 e. The second-order valence-corrected chi connectivity index (χ2v) is 7.11. The largest absolute Gasteiger partial charge is 0.369 e. The number of anilines is 1. The van der Waals surface area contributed by atoms with Crippen molar-refractivity contribution < 1.29 is 0 Å². The first-order valence-electron chi connectivity index (χ1n) is 9.43. The molecular weight excluding hydrogens is 350 g/mol. The molecule has 7 nitrogen and oxygen atoms in total. The lowest BCUT2D eigenvalue weighted by Gasteiger charge is -2.34. The Kier molecular flexibility index (Phi) is 4.21. The summed E-state index contributed by atoms with van der Waals surface area (Å²) >= 11 is 0. The summed E-state index contributed by atoms with van der Waals surface area (Å²) in [6, 6.07) is 12.4. The summed E-state index contributed by atoms with van der Waals surface area (Å²) in [5, 5.41) is 7.53. The number of nitrogens with one attached hydrogen (secondary N) is 1. The lowest BCUT2D eigenvalue weighted by molar-refractivity contribution is 0.313. The van der Waals surface area contributed by atoms with Crippen LogP contribution in [-0.2, 0) is 0 Å². The van der Waals surface area contributed by atoms with Crippen molar-refractivity contribution in [3.05, 3.63) is 55.0 Å². The molecule has 3 aromatic heterocycles. The van der Waals surface area contributed by atoms with Gasteiger partial charge in [0.25, 0.3) is 0 Å². The molecule has 5 rings (SSSR count). The highest BCUT2D eigenvalue weighted by molar-refractivity contribution is 5.90. The van der Waals surface area contributed by atoms with Gasteiger partial charge >= 0.3 is 0 Å². The molecule has 1 saturated heterocycles. The van der Waals surface area contributed by atoms with Crippen LogP contribution in [0.25, 0.3) is 33.7 Å². The zero-order chi connectivity index (χ0) is 18.9. The highest BCUT2D eigenvalue weighted by atomic mass is 15.2. The average molecular weight is 371 g/mol. The Labute approximate surface area is 163 Å². The number of likely N-dealkylation sites (N-methyl/N-ethyl adjacent to an activating group) is 1. The van der Waals surface area contributed by atoms with Gasteiger partial charge in [0.15, 0.2) is 5.82 Å². The molecule has 28 heavy (non-hydrogen) atoms. The Morgan fingerprint density at radius 1 is 0.929 bits per heavy atom. The number of fused-ring (bicyclic) bond motifs is 1. The normalized spacial score (nSPS) is 15.2. The zero-order valence-electron chi connectivity index (χ0n) is 15.7. The summed E-state index contributed by atoms with van der Waals surface area (Å²) < 4.78 is 0. The molecule has 0 amide bonds. The molecule has 4 aromatic rings. The van der Waals surface area contributed by atoms with Crippen molar-refractivity contribution in [2.75, 3.05) is 38.1 Å². The third kappa shape index (κ3) is 3.10. The standard InChI is InChI=1S/C21H21N7/c1-27-9-11-28(12-10-27)17-6-4-15(5-7-17)19-20-18(25-26-19)14-23-21(24-20)16-3-2-8-22-13-16/h2-8,13-14H,9-12H2,1H3,(H,25,26). The third-order valence-corrected chi connectivity index (χ3v) is 5.23. The smallest absolute Gasteiger partial charge is 0.161 e. The molecule has 0 spiro atoms. The van der Waals surface area contributed by atoms with Gasteiger partial charge in [-0.1, -0.05) is 12.1 Å². The first-order valence-corrected chi connectivity index (χ1v) is 9.43. The first-order chi connectivity index (χ1) is 13.8. The van der Waals surface area contributed by atoms with E-state index >= 15 is 0 Å². The van der Waals surface area contributed by atoms with Crippen LogP contribution in [0.15, 0.2) is 55.0 Å². The van der Waals surface area contributed by atoms with Gasteiger partial charge in [-0.25, -0.2) is 9.97 Å². The maximum atomic E-state index is 4.74. The Balaban J connectivity index is 1.47. The van der Waals surface area contributed by atoms with Crippen LogP contribution in [0.4, 0.5) is 5.69 Å². The van der Waals surface area contributed by atoms with Gasteiger partial charge in [-0.05, 0) is 31.3 Å². The number of H-pyrrole nitrogens is 1. The highest BCUT2D eigenvalue weighted by Gasteiger charge is 2.16. The fourth-order valence-electron chi connectivity index (χ4n) is 3.54. The van der Waals surface area contributed by atoms with Crippen LogP contribution in [0.2, 0.25) is 0 Å². The molecule has 1 aliphatic rings. The number of hydrogen-bond donors (Lipinski definition) is 1. The number of piperazine rings is 1. The lowest BCUT2D eigenvalue weighted by Crippen LogP contribution is -2.44. The molecular formula is C21H21N7. The number of nitrogens with zero attached hydrogens (tertiary/aromatic N) is 6. The Morgan fingerprint density at radius 2 is 1.75 bits per heavy atom. The molecule has 0 saturated carbocycles. The van der Waals surface area contributed by atoms with Crippen molar-refractivity contribution in [1.29, 1.82) is 0 Å². The minimum Gasteiger partial charge on any atom is -0.369 e. The first kappa shape index (κ1) is 16.8. The van der Waals surface area contributed by atoms with E-state index in [2.05, 4.69) is 61.3 Å². The average Bonchev–Trinajstić information content (AvgIpc) is 3.18. The molecule has 1 N–H and O–H groups in total. The minimum absolute atomic E-state index is 0.650.